The largest absolute Gasteiger partial charge is 0.340 e. The summed E-state index contributed by atoms with van der Waals surface area (Å²) in [5.74, 6) is 1.46. The highest BCUT2D eigenvalue weighted by Gasteiger charge is 2.41. The molecule has 3 nitrogen and oxygen atoms in total. The molecule has 1 atom stereocenters. The second kappa shape index (κ2) is 4.21. The van der Waals surface area contributed by atoms with Crippen LogP contribution in [0.25, 0.3) is 11.3 Å². The number of aromatic nitrogens is 2. The molecule has 3 rings (SSSR count). The zero-order valence-corrected chi connectivity index (χ0v) is 11.9. The maximum atomic E-state index is 6.36. The van der Waals surface area contributed by atoms with Crippen LogP contribution < -0.4 is 5.73 Å². The zero-order valence-electron chi connectivity index (χ0n) is 10.3. The first-order valence-corrected chi connectivity index (χ1v) is 6.97. The number of nitrogens with two attached hydrogens (primary N) is 1. The first-order chi connectivity index (χ1) is 8.57. The molecule has 1 aromatic carbocycles. The minimum atomic E-state index is -0.326. The van der Waals surface area contributed by atoms with E-state index < -0.39 is 0 Å². The van der Waals surface area contributed by atoms with Gasteiger partial charge in [-0.3, -0.25) is 0 Å². The Kier molecular flexibility index (Phi) is 2.79. The summed E-state index contributed by atoms with van der Waals surface area (Å²) in [7, 11) is 0. The van der Waals surface area contributed by atoms with Gasteiger partial charge in [-0.1, -0.05) is 28.1 Å². The van der Waals surface area contributed by atoms with Gasteiger partial charge in [-0.15, -0.1) is 0 Å². The van der Waals surface area contributed by atoms with E-state index >= 15 is 0 Å². The highest BCUT2D eigenvalue weighted by Crippen LogP contribution is 2.43. The first-order valence-electron chi connectivity index (χ1n) is 6.17. The summed E-state index contributed by atoms with van der Waals surface area (Å²) in [5.41, 5.74) is 8.18. The highest BCUT2D eigenvalue weighted by atomic mass is 79.9. The topological polar surface area (TPSA) is 54.7 Å². The Hall–Kier alpha value is -1.13. The molecule has 1 unspecified atom stereocenters. The van der Waals surface area contributed by atoms with Crippen molar-refractivity contribution in [1.82, 2.24) is 9.97 Å². The van der Waals surface area contributed by atoms with Crippen LogP contribution in [0.5, 0.6) is 0 Å². The molecule has 1 saturated carbocycles. The Morgan fingerprint density at radius 2 is 2.00 bits per heavy atom. The van der Waals surface area contributed by atoms with Crippen LogP contribution in [0.2, 0.25) is 0 Å². The SMILES string of the molecule is CC(N)(c1ncc(-c2ccc(Br)cc2)[nH]1)C1CC1. The number of aromatic amines is 1. The minimum absolute atomic E-state index is 0.326. The molecule has 0 spiro atoms. The van der Waals surface area contributed by atoms with Crippen molar-refractivity contribution in [2.45, 2.75) is 25.3 Å². The van der Waals surface area contributed by atoms with Gasteiger partial charge < -0.3 is 10.7 Å². The van der Waals surface area contributed by atoms with Crippen molar-refractivity contribution in [2.24, 2.45) is 11.7 Å². The standard InChI is InChI=1S/C14H16BrN3/c1-14(16,10-4-5-10)13-17-8-12(18-13)9-2-6-11(15)7-3-9/h2-3,6-8,10H,4-5,16H2,1H3,(H,17,18). The summed E-state index contributed by atoms with van der Waals surface area (Å²) in [5, 5.41) is 0. The fourth-order valence-corrected chi connectivity index (χ4v) is 2.51. The smallest absolute Gasteiger partial charge is 0.126 e. The van der Waals surface area contributed by atoms with Crippen molar-refractivity contribution in [3.63, 3.8) is 0 Å². The van der Waals surface area contributed by atoms with E-state index in [2.05, 4.69) is 45.0 Å². The van der Waals surface area contributed by atoms with Crippen molar-refractivity contribution in [3.05, 3.63) is 40.8 Å². The third-order valence-corrected chi connectivity index (χ3v) is 4.20. The van der Waals surface area contributed by atoms with Crippen LogP contribution in [-0.2, 0) is 5.54 Å². The van der Waals surface area contributed by atoms with Gasteiger partial charge in [0, 0.05) is 4.47 Å². The third-order valence-electron chi connectivity index (χ3n) is 3.67. The van der Waals surface area contributed by atoms with E-state index in [-0.39, 0.29) is 5.54 Å². The summed E-state index contributed by atoms with van der Waals surface area (Å²) >= 11 is 3.44. The van der Waals surface area contributed by atoms with Crippen LogP contribution in [0.3, 0.4) is 0 Å². The highest BCUT2D eigenvalue weighted by molar-refractivity contribution is 9.10. The summed E-state index contributed by atoms with van der Waals surface area (Å²) in [6, 6.07) is 8.18. The molecule has 3 N–H and O–H groups in total. The van der Waals surface area contributed by atoms with E-state index in [4.69, 9.17) is 5.73 Å². The van der Waals surface area contributed by atoms with E-state index in [0.717, 1.165) is 21.6 Å². The van der Waals surface area contributed by atoms with Gasteiger partial charge in [-0.05, 0) is 43.4 Å². The van der Waals surface area contributed by atoms with Crippen molar-refractivity contribution in [1.29, 1.82) is 0 Å². The average Bonchev–Trinajstić information content (AvgIpc) is 3.09. The zero-order chi connectivity index (χ0) is 12.8. The van der Waals surface area contributed by atoms with Gasteiger partial charge in [0.1, 0.15) is 5.82 Å². The molecule has 1 aliphatic carbocycles. The summed E-state index contributed by atoms with van der Waals surface area (Å²) in [6.45, 7) is 2.06. The maximum Gasteiger partial charge on any atom is 0.126 e. The van der Waals surface area contributed by atoms with E-state index in [1.807, 2.05) is 18.3 Å². The molecule has 1 fully saturated rings. The van der Waals surface area contributed by atoms with Crippen LogP contribution in [0.1, 0.15) is 25.6 Å². The Bertz CT molecular complexity index is 553. The van der Waals surface area contributed by atoms with Crippen LogP contribution in [0.15, 0.2) is 34.9 Å². The number of halogens is 1. The number of rotatable bonds is 3. The van der Waals surface area contributed by atoms with E-state index in [1.54, 1.807) is 0 Å². The molecule has 0 aliphatic heterocycles. The van der Waals surface area contributed by atoms with Gasteiger partial charge in [-0.2, -0.15) is 0 Å². The van der Waals surface area contributed by atoms with Crippen molar-refractivity contribution < 1.29 is 0 Å². The van der Waals surface area contributed by atoms with Gasteiger partial charge in [0.15, 0.2) is 0 Å². The number of imidazole rings is 1. The molecule has 1 heterocycles. The first kappa shape index (κ1) is 11.9. The molecule has 94 valence electrons. The number of H-pyrrole nitrogens is 1. The Morgan fingerprint density at radius 3 is 2.61 bits per heavy atom. The molecule has 0 saturated heterocycles. The van der Waals surface area contributed by atoms with E-state index in [9.17, 15) is 0 Å². The molecule has 0 bridgehead atoms. The number of benzene rings is 1. The summed E-state index contributed by atoms with van der Waals surface area (Å²) in [4.78, 5) is 7.81. The number of nitrogens with one attached hydrogen (secondary N) is 1. The van der Waals surface area contributed by atoms with E-state index in [0.29, 0.717) is 5.92 Å². The van der Waals surface area contributed by atoms with Gasteiger partial charge in [0.05, 0.1) is 17.4 Å². The Morgan fingerprint density at radius 1 is 1.33 bits per heavy atom. The molecule has 2 aromatic rings. The fourth-order valence-electron chi connectivity index (χ4n) is 2.25. The van der Waals surface area contributed by atoms with E-state index in [1.165, 1.54) is 12.8 Å². The fraction of sp³-hybridized carbons (Fsp3) is 0.357. The van der Waals surface area contributed by atoms with Crippen LogP contribution >= 0.6 is 15.9 Å². The average molecular weight is 306 g/mol. The molecule has 0 amide bonds. The monoisotopic (exact) mass is 305 g/mol. The number of hydrogen-bond acceptors (Lipinski definition) is 2. The quantitative estimate of drug-likeness (QED) is 0.913. The Balaban J connectivity index is 1.91. The lowest BCUT2D eigenvalue weighted by Gasteiger charge is -2.21. The van der Waals surface area contributed by atoms with Crippen LogP contribution in [0, 0.1) is 5.92 Å². The van der Waals surface area contributed by atoms with Crippen molar-refractivity contribution >= 4 is 15.9 Å². The normalized spacial score (nSPS) is 18.6. The lowest BCUT2D eigenvalue weighted by molar-refractivity contribution is 0.404. The molecule has 1 aliphatic rings. The van der Waals surface area contributed by atoms with Crippen LogP contribution in [0.4, 0.5) is 0 Å². The van der Waals surface area contributed by atoms with Crippen molar-refractivity contribution in [3.8, 4) is 11.3 Å². The number of hydrogen-bond donors (Lipinski definition) is 2. The van der Waals surface area contributed by atoms with Crippen molar-refractivity contribution in [2.75, 3.05) is 0 Å². The predicted molar refractivity (Wildman–Crippen MR) is 76.0 cm³/mol. The van der Waals surface area contributed by atoms with Gasteiger partial charge in [0.25, 0.3) is 0 Å². The third kappa shape index (κ3) is 2.10. The molecule has 1 aromatic heterocycles. The van der Waals surface area contributed by atoms with Crippen LogP contribution in [-0.4, -0.2) is 9.97 Å². The maximum absolute atomic E-state index is 6.36. The van der Waals surface area contributed by atoms with Gasteiger partial charge in [0.2, 0.25) is 0 Å². The molecular formula is C14H16BrN3. The second-order valence-electron chi connectivity index (χ2n) is 5.21. The Labute approximate surface area is 115 Å². The molecule has 0 radical (unpaired) electrons. The van der Waals surface area contributed by atoms with Gasteiger partial charge in [-0.25, -0.2) is 4.98 Å². The lowest BCUT2D eigenvalue weighted by atomic mass is 9.97. The number of nitrogens with zero attached hydrogens (tertiary/aromatic N) is 1. The molecule has 4 heteroatoms. The molecular weight excluding hydrogens is 290 g/mol. The predicted octanol–water partition coefficient (Wildman–Crippen LogP) is 3.42. The summed E-state index contributed by atoms with van der Waals surface area (Å²) in [6.07, 6.45) is 4.29. The second-order valence-corrected chi connectivity index (χ2v) is 6.13. The summed E-state index contributed by atoms with van der Waals surface area (Å²) < 4.78 is 1.08. The lowest BCUT2D eigenvalue weighted by Crippen LogP contribution is -2.36. The van der Waals surface area contributed by atoms with Gasteiger partial charge >= 0.3 is 0 Å². The minimum Gasteiger partial charge on any atom is -0.340 e. The molecule has 18 heavy (non-hydrogen) atoms.